The van der Waals surface area contributed by atoms with E-state index in [4.69, 9.17) is 21.1 Å². The molecule has 2 heterocycles. The van der Waals surface area contributed by atoms with Gasteiger partial charge in [0, 0.05) is 40.6 Å². The summed E-state index contributed by atoms with van der Waals surface area (Å²) in [5.74, 6) is -0.174. The van der Waals surface area contributed by atoms with Crippen molar-refractivity contribution in [2.45, 2.75) is 32.0 Å². The van der Waals surface area contributed by atoms with Crippen molar-refractivity contribution in [2.75, 3.05) is 20.3 Å². The van der Waals surface area contributed by atoms with Crippen LogP contribution in [0.1, 0.15) is 29.4 Å². The Balaban J connectivity index is 1.40. The van der Waals surface area contributed by atoms with E-state index < -0.39 is 6.04 Å². The van der Waals surface area contributed by atoms with Gasteiger partial charge in [0.2, 0.25) is 0 Å². The summed E-state index contributed by atoms with van der Waals surface area (Å²) in [4.78, 5) is 31.6. The van der Waals surface area contributed by atoms with Gasteiger partial charge in [-0.3, -0.25) is 14.5 Å². The third kappa shape index (κ3) is 5.57. The Morgan fingerprint density at radius 2 is 1.92 bits per heavy atom. The molecule has 3 aromatic carbocycles. The second-order valence-corrected chi connectivity index (χ2v) is 9.98. The summed E-state index contributed by atoms with van der Waals surface area (Å²) in [6.45, 7) is 3.14. The normalized spacial score (nSPS) is 17.3. The zero-order valence-electron chi connectivity index (χ0n) is 21.7. The van der Waals surface area contributed by atoms with Crippen molar-refractivity contribution in [1.82, 2.24) is 15.2 Å². The molecule has 0 unspecified atom stereocenters. The number of aromatic hydroxyl groups is 1. The Kier molecular flexibility index (Phi) is 7.77. The van der Waals surface area contributed by atoms with Gasteiger partial charge in [0.25, 0.3) is 5.91 Å². The molecule has 0 spiro atoms. The molecule has 1 saturated heterocycles. The maximum atomic E-state index is 13.7. The number of carbonyl (C=O) groups excluding carboxylic acids is 2. The van der Waals surface area contributed by atoms with Crippen molar-refractivity contribution in [3.63, 3.8) is 0 Å². The predicted molar refractivity (Wildman–Crippen MR) is 150 cm³/mol. The molecular formula is C30H30ClN3O5. The number of aromatic amines is 1. The molecule has 0 aliphatic carbocycles. The van der Waals surface area contributed by atoms with E-state index in [2.05, 4.69) is 10.3 Å². The van der Waals surface area contributed by atoms with E-state index in [0.29, 0.717) is 42.6 Å². The van der Waals surface area contributed by atoms with Gasteiger partial charge in [-0.1, -0.05) is 48.0 Å². The molecule has 3 N–H and O–H groups in total. The van der Waals surface area contributed by atoms with E-state index in [1.807, 2.05) is 54.3 Å². The molecule has 9 heteroatoms. The molecule has 1 aliphatic rings. The number of hydrogen-bond acceptors (Lipinski definition) is 6. The third-order valence-corrected chi connectivity index (χ3v) is 7.21. The maximum Gasteiger partial charge on any atom is 0.323 e. The highest BCUT2D eigenvalue weighted by Gasteiger charge is 2.38. The molecule has 2 atom stereocenters. The number of esters is 1. The quantitative estimate of drug-likeness (QED) is 0.264. The van der Waals surface area contributed by atoms with Gasteiger partial charge in [-0.25, -0.2) is 0 Å². The summed E-state index contributed by atoms with van der Waals surface area (Å²) in [6, 6.07) is 19.5. The number of aromatic nitrogens is 1. The number of rotatable bonds is 8. The van der Waals surface area contributed by atoms with Crippen molar-refractivity contribution in [1.29, 1.82) is 0 Å². The Labute approximate surface area is 231 Å². The molecule has 0 radical (unpaired) electrons. The van der Waals surface area contributed by atoms with Crippen LogP contribution in [0.2, 0.25) is 5.02 Å². The number of phenolic OH excluding ortho intramolecular Hbond substituents is 1. The number of amides is 1. The average Bonchev–Trinajstić information content (AvgIpc) is 3.51. The van der Waals surface area contributed by atoms with Gasteiger partial charge in [0.1, 0.15) is 11.7 Å². The number of nitrogens with zero attached hydrogens (tertiary/aromatic N) is 1. The summed E-state index contributed by atoms with van der Waals surface area (Å²) in [5, 5.41) is 14.6. The number of H-pyrrole nitrogens is 1. The standard InChI is InChI=1S/C30H30ClN3O5/c1-3-39-26-13-18(9-12-25(26)35)16-34-17-21(15-24(34)30(37)38-2)32-29(36)28-27(19-7-5-4-6-8-19)22-14-20(31)10-11-23(22)33-28/h4-14,21,24,33,35H,3,15-17H2,1-2H3,(H,32,36)/t21-,24+/m1/s1. The van der Waals surface area contributed by atoms with E-state index in [1.54, 1.807) is 24.3 Å². The number of methoxy groups -OCH3 is 1. The molecule has 5 rings (SSSR count). The molecule has 0 bridgehead atoms. The van der Waals surface area contributed by atoms with Gasteiger partial charge in [-0.2, -0.15) is 0 Å². The first-order chi connectivity index (χ1) is 18.9. The van der Waals surface area contributed by atoms with Crippen LogP contribution in [0.3, 0.4) is 0 Å². The van der Waals surface area contributed by atoms with Crippen LogP contribution in [0.25, 0.3) is 22.0 Å². The Morgan fingerprint density at radius 3 is 2.67 bits per heavy atom. The topological polar surface area (TPSA) is 104 Å². The predicted octanol–water partition coefficient (Wildman–Crippen LogP) is 5.14. The molecule has 39 heavy (non-hydrogen) atoms. The lowest BCUT2D eigenvalue weighted by Gasteiger charge is -2.22. The van der Waals surface area contributed by atoms with Crippen LogP contribution < -0.4 is 10.1 Å². The van der Waals surface area contributed by atoms with Crippen molar-refractivity contribution >= 4 is 34.4 Å². The van der Waals surface area contributed by atoms with Gasteiger partial charge >= 0.3 is 5.97 Å². The van der Waals surface area contributed by atoms with Crippen LogP contribution in [-0.4, -0.2) is 59.2 Å². The number of ether oxygens (including phenoxy) is 2. The van der Waals surface area contributed by atoms with E-state index >= 15 is 0 Å². The monoisotopic (exact) mass is 547 g/mol. The summed E-state index contributed by atoms with van der Waals surface area (Å²) in [5.41, 5.74) is 3.79. The fourth-order valence-electron chi connectivity index (χ4n) is 5.22. The highest BCUT2D eigenvalue weighted by molar-refractivity contribution is 6.31. The van der Waals surface area contributed by atoms with Crippen molar-refractivity contribution < 1.29 is 24.2 Å². The van der Waals surface area contributed by atoms with Crippen LogP contribution in [0.5, 0.6) is 11.5 Å². The number of nitrogens with one attached hydrogen (secondary N) is 2. The zero-order chi connectivity index (χ0) is 27.5. The number of hydrogen-bond donors (Lipinski definition) is 3. The van der Waals surface area contributed by atoms with Crippen LogP contribution in [0, 0.1) is 0 Å². The molecule has 202 valence electrons. The van der Waals surface area contributed by atoms with Gasteiger partial charge in [0.15, 0.2) is 11.5 Å². The molecule has 1 fully saturated rings. The van der Waals surface area contributed by atoms with E-state index in [9.17, 15) is 14.7 Å². The van der Waals surface area contributed by atoms with Crippen LogP contribution in [0.4, 0.5) is 0 Å². The van der Waals surface area contributed by atoms with Crippen molar-refractivity contribution in [2.24, 2.45) is 0 Å². The maximum absolute atomic E-state index is 13.7. The highest BCUT2D eigenvalue weighted by atomic mass is 35.5. The number of halogens is 1. The molecule has 1 aliphatic heterocycles. The molecule has 8 nitrogen and oxygen atoms in total. The Bertz CT molecular complexity index is 1500. The molecule has 1 amide bonds. The minimum atomic E-state index is -0.528. The minimum absolute atomic E-state index is 0.0607. The number of fused-ring (bicyclic) bond motifs is 1. The SMILES string of the molecule is CCOc1cc(CN2C[C@H](NC(=O)c3[nH]c4ccc(Cl)cc4c3-c3ccccc3)C[C@H]2C(=O)OC)ccc1O. The zero-order valence-corrected chi connectivity index (χ0v) is 22.5. The first kappa shape index (κ1) is 26.6. The second kappa shape index (κ2) is 11.4. The highest BCUT2D eigenvalue weighted by Crippen LogP contribution is 2.35. The number of phenols is 1. The molecule has 0 saturated carbocycles. The van der Waals surface area contributed by atoms with Crippen LogP contribution >= 0.6 is 11.6 Å². The van der Waals surface area contributed by atoms with Crippen LogP contribution in [-0.2, 0) is 16.1 Å². The summed E-state index contributed by atoms with van der Waals surface area (Å²) in [7, 11) is 1.36. The molecule has 1 aromatic heterocycles. The largest absolute Gasteiger partial charge is 0.504 e. The minimum Gasteiger partial charge on any atom is -0.504 e. The first-order valence-corrected chi connectivity index (χ1v) is 13.2. The molecule has 4 aromatic rings. The summed E-state index contributed by atoms with van der Waals surface area (Å²) < 4.78 is 10.6. The lowest BCUT2D eigenvalue weighted by Crippen LogP contribution is -2.38. The Morgan fingerprint density at radius 1 is 1.13 bits per heavy atom. The fourth-order valence-corrected chi connectivity index (χ4v) is 5.40. The number of carbonyl (C=O) groups is 2. The van der Waals surface area contributed by atoms with Gasteiger partial charge in [-0.15, -0.1) is 0 Å². The van der Waals surface area contributed by atoms with Gasteiger partial charge in [0.05, 0.1) is 13.7 Å². The smallest absolute Gasteiger partial charge is 0.323 e. The van der Waals surface area contributed by atoms with E-state index in [1.165, 1.54) is 7.11 Å². The van der Waals surface area contributed by atoms with E-state index in [0.717, 1.165) is 27.6 Å². The second-order valence-electron chi connectivity index (χ2n) is 9.54. The van der Waals surface area contributed by atoms with Crippen molar-refractivity contribution in [3.05, 3.63) is 83.0 Å². The van der Waals surface area contributed by atoms with Gasteiger partial charge < -0.3 is 24.9 Å². The Hall–Kier alpha value is -4.01. The van der Waals surface area contributed by atoms with Crippen LogP contribution in [0.15, 0.2) is 66.7 Å². The number of likely N-dealkylation sites (tertiary alicyclic amines) is 1. The van der Waals surface area contributed by atoms with E-state index in [-0.39, 0.29) is 23.7 Å². The summed E-state index contributed by atoms with van der Waals surface area (Å²) >= 11 is 6.30. The number of benzene rings is 3. The third-order valence-electron chi connectivity index (χ3n) is 6.97. The summed E-state index contributed by atoms with van der Waals surface area (Å²) in [6.07, 6.45) is 0.404. The lowest BCUT2D eigenvalue weighted by atomic mass is 10.0. The fraction of sp³-hybridized carbons (Fsp3) is 0.267. The molecular weight excluding hydrogens is 518 g/mol. The lowest BCUT2D eigenvalue weighted by molar-refractivity contribution is -0.146. The average molecular weight is 548 g/mol. The van der Waals surface area contributed by atoms with Gasteiger partial charge in [-0.05, 0) is 54.8 Å². The van der Waals surface area contributed by atoms with Crippen molar-refractivity contribution in [3.8, 4) is 22.6 Å². The first-order valence-electron chi connectivity index (χ1n) is 12.8.